The SMILES string of the molecule is Cc1ccc(/C=N\OCC(=O)Nc2cccc(S(C)(=O)=O)c2)cc1. The molecule has 0 aromatic heterocycles. The molecule has 0 unspecified atom stereocenters. The number of benzene rings is 2. The predicted octanol–water partition coefficient (Wildman–Crippen LogP) is 2.39. The van der Waals surface area contributed by atoms with E-state index < -0.39 is 15.7 Å². The Kier molecular flexibility index (Phi) is 5.70. The summed E-state index contributed by atoms with van der Waals surface area (Å²) in [6.07, 6.45) is 2.62. The lowest BCUT2D eigenvalue weighted by Gasteiger charge is -2.06. The van der Waals surface area contributed by atoms with Gasteiger partial charge >= 0.3 is 0 Å². The third-order valence-corrected chi connectivity index (χ3v) is 4.21. The first-order valence-corrected chi connectivity index (χ1v) is 9.06. The van der Waals surface area contributed by atoms with Crippen LogP contribution in [0.25, 0.3) is 0 Å². The molecule has 0 saturated carbocycles. The molecule has 0 spiro atoms. The summed E-state index contributed by atoms with van der Waals surface area (Å²) in [5, 5.41) is 6.29. The first-order valence-electron chi connectivity index (χ1n) is 7.16. The summed E-state index contributed by atoms with van der Waals surface area (Å²) < 4.78 is 23.0. The van der Waals surface area contributed by atoms with Gasteiger partial charge in [-0.2, -0.15) is 0 Å². The van der Waals surface area contributed by atoms with Crippen molar-refractivity contribution in [3.8, 4) is 0 Å². The van der Waals surface area contributed by atoms with Gasteiger partial charge in [-0.3, -0.25) is 4.79 Å². The van der Waals surface area contributed by atoms with Crippen LogP contribution in [0.2, 0.25) is 0 Å². The number of rotatable bonds is 6. The smallest absolute Gasteiger partial charge is 0.265 e. The Hall–Kier alpha value is -2.67. The van der Waals surface area contributed by atoms with Crippen molar-refractivity contribution in [3.63, 3.8) is 0 Å². The van der Waals surface area contributed by atoms with E-state index in [9.17, 15) is 13.2 Å². The Morgan fingerprint density at radius 3 is 2.58 bits per heavy atom. The standard InChI is InChI=1S/C17H18N2O4S/c1-13-6-8-14(9-7-13)11-18-23-12-17(20)19-15-4-3-5-16(10-15)24(2,21)22/h3-11H,12H2,1-2H3,(H,19,20)/b18-11-. The van der Waals surface area contributed by atoms with Crippen LogP contribution in [0.4, 0.5) is 5.69 Å². The zero-order valence-corrected chi connectivity index (χ0v) is 14.2. The molecule has 24 heavy (non-hydrogen) atoms. The predicted molar refractivity (Wildman–Crippen MR) is 92.9 cm³/mol. The largest absolute Gasteiger partial charge is 0.386 e. The molecule has 2 rings (SSSR count). The van der Waals surface area contributed by atoms with Gasteiger partial charge in [0, 0.05) is 11.9 Å². The Morgan fingerprint density at radius 2 is 1.92 bits per heavy atom. The van der Waals surface area contributed by atoms with Crippen LogP contribution in [0.3, 0.4) is 0 Å². The molecule has 0 aliphatic rings. The van der Waals surface area contributed by atoms with Gasteiger partial charge < -0.3 is 10.2 Å². The third kappa shape index (κ3) is 5.51. The lowest BCUT2D eigenvalue weighted by atomic mass is 10.2. The molecule has 0 heterocycles. The number of carbonyl (C=O) groups is 1. The molecule has 0 saturated heterocycles. The van der Waals surface area contributed by atoms with Crippen molar-refractivity contribution in [2.24, 2.45) is 5.16 Å². The molecule has 126 valence electrons. The van der Waals surface area contributed by atoms with Gasteiger partial charge in [0.1, 0.15) is 0 Å². The molecule has 2 aromatic carbocycles. The number of sulfone groups is 1. The fourth-order valence-electron chi connectivity index (χ4n) is 1.85. The zero-order chi connectivity index (χ0) is 17.6. The molecule has 6 nitrogen and oxygen atoms in total. The second-order valence-corrected chi connectivity index (χ2v) is 7.28. The molecule has 2 aromatic rings. The first-order chi connectivity index (χ1) is 11.3. The normalized spacial score (nSPS) is 11.4. The number of hydrogen-bond donors (Lipinski definition) is 1. The maximum atomic E-state index is 11.8. The van der Waals surface area contributed by atoms with Crippen LogP contribution in [0, 0.1) is 6.92 Å². The summed E-state index contributed by atoms with van der Waals surface area (Å²) in [5.41, 5.74) is 2.39. The summed E-state index contributed by atoms with van der Waals surface area (Å²) in [5.74, 6) is -0.429. The van der Waals surface area contributed by atoms with E-state index in [1.165, 1.54) is 18.3 Å². The lowest BCUT2D eigenvalue weighted by molar-refractivity contribution is -0.120. The Bertz CT molecular complexity index is 843. The fourth-order valence-corrected chi connectivity index (χ4v) is 2.51. The molecule has 1 N–H and O–H groups in total. The maximum Gasteiger partial charge on any atom is 0.265 e. The van der Waals surface area contributed by atoms with Crippen molar-refractivity contribution in [2.45, 2.75) is 11.8 Å². The van der Waals surface area contributed by atoms with Crippen LogP contribution < -0.4 is 5.32 Å². The summed E-state index contributed by atoms with van der Waals surface area (Å²) >= 11 is 0. The van der Waals surface area contributed by atoms with Crippen molar-refractivity contribution in [2.75, 3.05) is 18.2 Å². The highest BCUT2D eigenvalue weighted by Crippen LogP contribution is 2.15. The molecule has 0 fully saturated rings. The van der Waals surface area contributed by atoms with Gasteiger partial charge in [0.05, 0.1) is 11.1 Å². The number of amides is 1. The second-order valence-electron chi connectivity index (χ2n) is 5.27. The van der Waals surface area contributed by atoms with Crippen LogP contribution >= 0.6 is 0 Å². The summed E-state index contributed by atoms with van der Waals surface area (Å²) in [4.78, 5) is 16.8. The zero-order valence-electron chi connectivity index (χ0n) is 13.4. The Balaban J connectivity index is 1.86. The van der Waals surface area contributed by atoms with Crippen LogP contribution in [0.1, 0.15) is 11.1 Å². The van der Waals surface area contributed by atoms with E-state index in [4.69, 9.17) is 4.84 Å². The van der Waals surface area contributed by atoms with E-state index in [-0.39, 0.29) is 11.5 Å². The highest BCUT2D eigenvalue weighted by Gasteiger charge is 2.09. The van der Waals surface area contributed by atoms with Crippen LogP contribution in [-0.4, -0.2) is 33.4 Å². The van der Waals surface area contributed by atoms with E-state index in [0.717, 1.165) is 17.4 Å². The highest BCUT2D eigenvalue weighted by molar-refractivity contribution is 7.90. The van der Waals surface area contributed by atoms with Gasteiger partial charge in [0.15, 0.2) is 16.4 Å². The number of nitrogens with one attached hydrogen (secondary N) is 1. The lowest BCUT2D eigenvalue weighted by Crippen LogP contribution is -2.17. The molecule has 0 radical (unpaired) electrons. The second kappa shape index (κ2) is 7.74. The maximum absolute atomic E-state index is 11.8. The van der Waals surface area contributed by atoms with Gasteiger partial charge in [-0.15, -0.1) is 0 Å². The van der Waals surface area contributed by atoms with Crippen LogP contribution in [0.15, 0.2) is 58.6 Å². The molecular formula is C17H18N2O4S. The topological polar surface area (TPSA) is 84.8 Å². The van der Waals surface area contributed by atoms with Crippen LogP contribution in [0.5, 0.6) is 0 Å². The molecule has 1 amide bonds. The fraction of sp³-hybridized carbons (Fsp3) is 0.176. The monoisotopic (exact) mass is 346 g/mol. The molecular weight excluding hydrogens is 328 g/mol. The average molecular weight is 346 g/mol. The van der Waals surface area contributed by atoms with E-state index in [1.807, 2.05) is 31.2 Å². The van der Waals surface area contributed by atoms with Gasteiger partial charge in [-0.05, 0) is 30.7 Å². The van der Waals surface area contributed by atoms with E-state index in [1.54, 1.807) is 12.1 Å². The van der Waals surface area contributed by atoms with Crippen molar-refractivity contribution >= 4 is 27.6 Å². The van der Waals surface area contributed by atoms with Crippen LogP contribution in [-0.2, 0) is 19.5 Å². The van der Waals surface area contributed by atoms with Gasteiger partial charge in [0.25, 0.3) is 5.91 Å². The number of carbonyl (C=O) groups excluding carboxylic acids is 1. The van der Waals surface area contributed by atoms with Crippen molar-refractivity contribution in [1.29, 1.82) is 0 Å². The van der Waals surface area contributed by atoms with Crippen molar-refractivity contribution in [1.82, 2.24) is 0 Å². The van der Waals surface area contributed by atoms with E-state index >= 15 is 0 Å². The highest BCUT2D eigenvalue weighted by atomic mass is 32.2. The minimum atomic E-state index is -3.32. The summed E-state index contributed by atoms with van der Waals surface area (Å²) in [6, 6.07) is 13.7. The molecule has 0 atom stereocenters. The Morgan fingerprint density at radius 1 is 1.21 bits per heavy atom. The molecule has 7 heteroatoms. The van der Waals surface area contributed by atoms with Crippen molar-refractivity contribution < 1.29 is 18.0 Å². The summed E-state index contributed by atoms with van der Waals surface area (Å²) in [6.45, 7) is 1.71. The van der Waals surface area contributed by atoms with Crippen molar-refractivity contribution in [3.05, 3.63) is 59.7 Å². The van der Waals surface area contributed by atoms with E-state index in [0.29, 0.717) is 5.69 Å². The number of oxime groups is 1. The van der Waals surface area contributed by atoms with Gasteiger partial charge in [-0.1, -0.05) is 41.1 Å². The number of nitrogens with zero attached hydrogens (tertiary/aromatic N) is 1. The van der Waals surface area contributed by atoms with E-state index in [2.05, 4.69) is 10.5 Å². The quantitative estimate of drug-likeness (QED) is 0.643. The number of anilines is 1. The minimum absolute atomic E-state index is 0.138. The molecule has 0 bridgehead atoms. The van der Waals surface area contributed by atoms with Gasteiger partial charge in [-0.25, -0.2) is 8.42 Å². The molecule has 0 aliphatic carbocycles. The molecule has 0 aliphatic heterocycles. The van der Waals surface area contributed by atoms with Gasteiger partial charge in [0.2, 0.25) is 0 Å². The first kappa shape index (κ1) is 17.7. The number of aryl methyl sites for hydroxylation is 1. The minimum Gasteiger partial charge on any atom is -0.386 e. The third-order valence-electron chi connectivity index (χ3n) is 3.10. The Labute approximate surface area is 141 Å². The summed E-state index contributed by atoms with van der Waals surface area (Å²) in [7, 11) is -3.32. The average Bonchev–Trinajstić information content (AvgIpc) is 2.53. The number of hydrogen-bond acceptors (Lipinski definition) is 5.